The van der Waals surface area contributed by atoms with E-state index in [1.54, 1.807) is 11.8 Å². The fourth-order valence-electron chi connectivity index (χ4n) is 2.13. The zero-order valence-corrected chi connectivity index (χ0v) is 19.9. The van der Waals surface area contributed by atoms with Gasteiger partial charge in [0, 0.05) is 23.9 Å². The third-order valence-electron chi connectivity index (χ3n) is 3.74. The number of allylic oxidation sites excluding steroid dienone is 3. The zero-order chi connectivity index (χ0) is 22.5. The molecule has 0 fully saturated rings. The highest BCUT2D eigenvalue weighted by atomic mass is 32.2. The van der Waals surface area contributed by atoms with E-state index in [1.807, 2.05) is 51.2 Å². The molecule has 0 aliphatic carbocycles. The Morgan fingerprint density at radius 2 is 1.90 bits per heavy atom. The molecule has 0 aliphatic rings. The average molecular weight is 422 g/mol. The minimum atomic E-state index is -0.324. The summed E-state index contributed by atoms with van der Waals surface area (Å²) < 4.78 is 0. The maximum atomic E-state index is 9.80. The van der Waals surface area contributed by atoms with Gasteiger partial charge in [-0.3, -0.25) is 4.90 Å². The molecule has 0 aliphatic heterocycles. The predicted octanol–water partition coefficient (Wildman–Crippen LogP) is 4.60. The number of nitrogens with two attached hydrogens (primary N) is 1. The molecule has 166 valence electrons. The smallest absolute Gasteiger partial charge is 0.0791 e. The van der Waals surface area contributed by atoms with E-state index in [1.165, 1.54) is 5.56 Å². The number of rotatable bonds is 11. The van der Waals surface area contributed by atoms with Crippen LogP contribution in [0.15, 0.2) is 61.7 Å². The van der Waals surface area contributed by atoms with Gasteiger partial charge in [-0.2, -0.15) is 0 Å². The molecule has 1 aromatic carbocycles. The first-order valence-electron chi connectivity index (χ1n) is 10.3. The molecule has 0 saturated carbocycles. The lowest BCUT2D eigenvalue weighted by atomic mass is 10.2. The van der Waals surface area contributed by atoms with Crippen LogP contribution in [0.2, 0.25) is 0 Å². The van der Waals surface area contributed by atoms with Crippen molar-refractivity contribution in [3.63, 3.8) is 0 Å². The summed E-state index contributed by atoms with van der Waals surface area (Å²) in [5.74, 6) is 1.38. The van der Waals surface area contributed by atoms with Gasteiger partial charge in [0.25, 0.3) is 0 Å². The molecule has 4 N–H and O–H groups in total. The molecule has 5 heteroatoms. The van der Waals surface area contributed by atoms with Gasteiger partial charge in [-0.1, -0.05) is 75.9 Å². The first-order valence-corrected chi connectivity index (χ1v) is 11.3. The van der Waals surface area contributed by atoms with Crippen molar-refractivity contribution in [1.82, 2.24) is 10.2 Å². The van der Waals surface area contributed by atoms with Gasteiger partial charge in [0.05, 0.1) is 6.10 Å². The lowest BCUT2D eigenvalue weighted by Gasteiger charge is -2.23. The third kappa shape index (κ3) is 18.4. The molecule has 1 aromatic rings. The van der Waals surface area contributed by atoms with Gasteiger partial charge in [0.1, 0.15) is 0 Å². The Kier molecular flexibility index (Phi) is 22.0. The van der Waals surface area contributed by atoms with E-state index in [2.05, 4.69) is 55.4 Å². The summed E-state index contributed by atoms with van der Waals surface area (Å²) in [5, 5.41) is 12.8. The Balaban J connectivity index is 0. The van der Waals surface area contributed by atoms with E-state index in [0.29, 0.717) is 19.0 Å². The Bertz CT molecular complexity index is 534. The van der Waals surface area contributed by atoms with Gasteiger partial charge in [-0.15, -0.1) is 18.3 Å². The molecule has 0 bridgehead atoms. The first kappa shape index (κ1) is 29.8. The van der Waals surface area contributed by atoms with Crippen molar-refractivity contribution in [3.05, 3.63) is 67.3 Å². The number of aliphatic hydroxyl groups is 1. The molecule has 0 radical (unpaired) electrons. The maximum absolute atomic E-state index is 9.80. The number of nitrogens with zero attached hydrogens (tertiary/aromatic N) is 1. The molecular weight excluding hydrogens is 378 g/mol. The van der Waals surface area contributed by atoms with Crippen molar-refractivity contribution in [2.24, 2.45) is 11.7 Å². The molecule has 0 amide bonds. The highest BCUT2D eigenvalue weighted by Crippen LogP contribution is 2.25. The van der Waals surface area contributed by atoms with Gasteiger partial charge in [-0.25, -0.2) is 0 Å². The summed E-state index contributed by atoms with van der Waals surface area (Å²) in [7, 11) is 1.85. The van der Waals surface area contributed by atoms with Crippen LogP contribution in [0.5, 0.6) is 0 Å². The second-order valence-corrected chi connectivity index (χ2v) is 7.51. The van der Waals surface area contributed by atoms with Crippen LogP contribution >= 0.6 is 11.8 Å². The zero-order valence-electron chi connectivity index (χ0n) is 19.1. The number of nitrogens with one attached hydrogen (secondary N) is 1. The fourth-order valence-corrected chi connectivity index (χ4v) is 3.06. The van der Waals surface area contributed by atoms with Crippen LogP contribution < -0.4 is 11.1 Å². The van der Waals surface area contributed by atoms with Crippen LogP contribution in [0.3, 0.4) is 0 Å². The van der Waals surface area contributed by atoms with Gasteiger partial charge >= 0.3 is 0 Å². The number of aliphatic hydroxyl groups excluding tert-OH is 1. The Morgan fingerprint density at radius 3 is 2.31 bits per heavy atom. The first-order chi connectivity index (χ1) is 13.9. The highest BCUT2D eigenvalue weighted by Gasteiger charge is 2.10. The van der Waals surface area contributed by atoms with Crippen molar-refractivity contribution in [3.8, 4) is 0 Å². The molecule has 0 aromatic heterocycles. The minimum Gasteiger partial charge on any atom is -0.390 e. The van der Waals surface area contributed by atoms with Gasteiger partial charge in [0.15, 0.2) is 0 Å². The molecule has 29 heavy (non-hydrogen) atoms. The largest absolute Gasteiger partial charge is 0.390 e. The van der Waals surface area contributed by atoms with E-state index < -0.39 is 0 Å². The summed E-state index contributed by atoms with van der Waals surface area (Å²) in [4.78, 5) is 3.29. The lowest BCUT2D eigenvalue weighted by Crippen LogP contribution is -2.37. The molecule has 2 unspecified atom stereocenters. The van der Waals surface area contributed by atoms with E-state index in [-0.39, 0.29) is 6.10 Å². The average Bonchev–Trinajstić information content (AvgIpc) is 2.72. The van der Waals surface area contributed by atoms with Crippen molar-refractivity contribution < 1.29 is 5.11 Å². The molecular formula is C24H43N3OS. The minimum absolute atomic E-state index is 0.324. The van der Waals surface area contributed by atoms with Crippen LogP contribution in [0, 0.1) is 5.92 Å². The third-order valence-corrected chi connectivity index (χ3v) is 4.82. The monoisotopic (exact) mass is 421 g/mol. The van der Waals surface area contributed by atoms with Crippen molar-refractivity contribution >= 4 is 16.7 Å². The van der Waals surface area contributed by atoms with Crippen molar-refractivity contribution in [2.45, 2.75) is 33.8 Å². The Morgan fingerprint density at radius 1 is 1.31 bits per heavy atom. The lowest BCUT2D eigenvalue weighted by molar-refractivity contribution is 0.126. The molecule has 4 nitrogen and oxygen atoms in total. The van der Waals surface area contributed by atoms with E-state index >= 15 is 0 Å². The topological polar surface area (TPSA) is 61.5 Å². The molecule has 2 atom stereocenters. The van der Waals surface area contributed by atoms with Gasteiger partial charge in [-0.05, 0) is 38.5 Å². The van der Waals surface area contributed by atoms with Crippen molar-refractivity contribution in [1.29, 1.82) is 0 Å². The Labute approximate surface area is 184 Å². The van der Waals surface area contributed by atoms with Crippen LogP contribution in [-0.4, -0.2) is 55.2 Å². The number of hydrogen-bond donors (Lipinski definition) is 3. The highest BCUT2D eigenvalue weighted by molar-refractivity contribution is 8.08. The molecule has 0 spiro atoms. The predicted molar refractivity (Wildman–Crippen MR) is 134 cm³/mol. The number of hydrogen-bond acceptors (Lipinski definition) is 5. The standard InChI is InChI=1S/C15H24N2OS.C7H12.C2H7N/c1-4-17(11-15(18)10-16-3)12-19-13(2)14-8-6-5-7-9-14;1-4-6-7(3)5-2;1-2-3/h5-9,15-16,18H,2,4,10-12H2,1,3H3;4-7H,2H2,1,3H3;2-3H2,1H3/b;6-4-;. The van der Waals surface area contributed by atoms with Crippen molar-refractivity contribution in [2.75, 3.05) is 39.1 Å². The maximum Gasteiger partial charge on any atom is 0.0791 e. The summed E-state index contributed by atoms with van der Waals surface area (Å²) in [6.45, 7) is 18.9. The fraction of sp³-hybridized carbons (Fsp3) is 0.500. The van der Waals surface area contributed by atoms with Gasteiger partial charge in [0.2, 0.25) is 0 Å². The second-order valence-electron chi connectivity index (χ2n) is 6.47. The Hall–Kier alpha value is -1.37. The number of likely N-dealkylation sites (N-methyl/N-ethyl adjacent to an activating group) is 2. The summed E-state index contributed by atoms with van der Waals surface area (Å²) in [6, 6.07) is 10.2. The normalized spacial score (nSPS) is 12.4. The van der Waals surface area contributed by atoms with E-state index in [4.69, 9.17) is 5.73 Å². The summed E-state index contributed by atoms with van der Waals surface area (Å²) >= 11 is 1.72. The quantitative estimate of drug-likeness (QED) is 0.360. The molecule has 1 rings (SSSR count). The molecule has 0 heterocycles. The number of thioether (sulfide) groups is 1. The van der Waals surface area contributed by atoms with Crippen LogP contribution in [-0.2, 0) is 0 Å². The summed E-state index contributed by atoms with van der Waals surface area (Å²) in [6.07, 6.45) is 5.73. The van der Waals surface area contributed by atoms with Crippen LogP contribution in [0.25, 0.3) is 4.91 Å². The molecule has 0 saturated heterocycles. The number of benzene rings is 1. The SMILES string of the molecule is C=C(SCN(CC)CC(O)CNC)c1ccccc1.C=CC(C)/C=C\C.CCN. The summed E-state index contributed by atoms with van der Waals surface area (Å²) in [5.41, 5.74) is 6.01. The van der Waals surface area contributed by atoms with Crippen LogP contribution in [0.1, 0.15) is 33.3 Å². The van der Waals surface area contributed by atoms with Crippen LogP contribution in [0.4, 0.5) is 0 Å². The second kappa shape index (κ2) is 21.3. The van der Waals surface area contributed by atoms with Gasteiger partial charge < -0.3 is 16.2 Å². The van der Waals surface area contributed by atoms with E-state index in [9.17, 15) is 5.11 Å². The van der Waals surface area contributed by atoms with E-state index in [0.717, 1.165) is 23.9 Å².